The summed E-state index contributed by atoms with van der Waals surface area (Å²) in [6.45, 7) is 6.07. The Morgan fingerprint density at radius 2 is 1.79 bits per heavy atom. The molecule has 0 spiro atoms. The minimum absolute atomic E-state index is 0.0746. The van der Waals surface area contributed by atoms with E-state index in [1.54, 1.807) is 6.07 Å². The Morgan fingerprint density at radius 3 is 2.46 bits per heavy atom. The van der Waals surface area contributed by atoms with Crippen molar-refractivity contribution >= 4 is 27.9 Å². The van der Waals surface area contributed by atoms with Crippen molar-refractivity contribution in [2.45, 2.75) is 13.8 Å². The minimum Gasteiger partial charge on any atom is -0.372 e. The fraction of sp³-hybridized carbons (Fsp3) is 0.167. The molecule has 4 heteroatoms. The van der Waals surface area contributed by atoms with E-state index in [1.807, 2.05) is 65.2 Å². The molecule has 0 saturated heterocycles. The first-order chi connectivity index (χ1) is 13.7. The van der Waals surface area contributed by atoms with Gasteiger partial charge in [-0.25, -0.2) is 0 Å². The van der Waals surface area contributed by atoms with Crippen molar-refractivity contribution < 1.29 is 4.79 Å². The van der Waals surface area contributed by atoms with E-state index >= 15 is 0 Å². The number of ketones is 1. The van der Waals surface area contributed by atoms with Crippen LogP contribution in [0.4, 0.5) is 5.69 Å². The van der Waals surface area contributed by atoms with Crippen LogP contribution >= 0.6 is 0 Å². The standard InChI is InChI=1S/C24H21N3O/c1-3-26(4-2)20-10-7-18(8-11-20)24(28)22-15-17(16-25)14-19-9-12-21-6-5-13-27(21)23(19)22/h5-15H,3-4H2,1-2H3. The van der Waals surface area contributed by atoms with Crippen LogP contribution in [-0.4, -0.2) is 23.3 Å². The summed E-state index contributed by atoms with van der Waals surface area (Å²) in [6.07, 6.45) is 1.95. The third kappa shape index (κ3) is 2.91. The molecule has 0 aliphatic heterocycles. The molecule has 0 saturated carbocycles. The summed E-state index contributed by atoms with van der Waals surface area (Å²) >= 11 is 0. The van der Waals surface area contributed by atoms with Crippen molar-refractivity contribution in [3.05, 3.63) is 83.6 Å². The largest absolute Gasteiger partial charge is 0.372 e. The normalized spacial score (nSPS) is 10.9. The minimum atomic E-state index is -0.0746. The highest BCUT2D eigenvalue weighted by Crippen LogP contribution is 2.26. The van der Waals surface area contributed by atoms with Crippen molar-refractivity contribution in [2.75, 3.05) is 18.0 Å². The second-order valence-electron chi connectivity index (χ2n) is 6.76. The van der Waals surface area contributed by atoms with Crippen molar-refractivity contribution in [3.8, 4) is 6.07 Å². The molecule has 2 heterocycles. The Morgan fingerprint density at radius 1 is 1.04 bits per heavy atom. The average Bonchev–Trinajstić information content (AvgIpc) is 3.22. The van der Waals surface area contributed by atoms with Gasteiger partial charge in [0.05, 0.1) is 17.1 Å². The molecule has 0 aliphatic carbocycles. The number of hydrogen-bond donors (Lipinski definition) is 0. The van der Waals surface area contributed by atoms with Crippen molar-refractivity contribution in [3.63, 3.8) is 0 Å². The Labute approximate surface area is 164 Å². The topological polar surface area (TPSA) is 48.5 Å². The lowest BCUT2D eigenvalue weighted by Crippen LogP contribution is -2.21. The van der Waals surface area contributed by atoms with Crippen LogP contribution in [0.25, 0.3) is 16.4 Å². The molecule has 28 heavy (non-hydrogen) atoms. The number of nitriles is 1. The molecule has 4 aromatic rings. The average molecular weight is 367 g/mol. The number of carbonyl (C=O) groups excluding carboxylic acids is 1. The zero-order valence-electron chi connectivity index (χ0n) is 16.0. The SMILES string of the molecule is CCN(CC)c1ccc(C(=O)c2cc(C#N)cc3ccc4cccn4c23)cc1. The van der Waals surface area contributed by atoms with E-state index < -0.39 is 0 Å². The van der Waals surface area contributed by atoms with E-state index in [4.69, 9.17) is 0 Å². The van der Waals surface area contributed by atoms with Crippen molar-refractivity contribution in [1.82, 2.24) is 4.40 Å². The lowest BCUT2D eigenvalue weighted by atomic mass is 9.97. The summed E-state index contributed by atoms with van der Waals surface area (Å²) < 4.78 is 2.01. The zero-order valence-corrected chi connectivity index (χ0v) is 16.0. The van der Waals surface area contributed by atoms with E-state index in [0.717, 1.165) is 35.2 Å². The molecule has 4 nitrogen and oxygen atoms in total. The van der Waals surface area contributed by atoms with E-state index in [-0.39, 0.29) is 5.78 Å². The molecule has 0 fully saturated rings. The number of carbonyl (C=O) groups is 1. The number of anilines is 1. The third-order valence-corrected chi connectivity index (χ3v) is 5.23. The number of fused-ring (bicyclic) bond motifs is 3. The van der Waals surface area contributed by atoms with Gasteiger partial charge >= 0.3 is 0 Å². The third-order valence-electron chi connectivity index (χ3n) is 5.23. The lowest BCUT2D eigenvalue weighted by Gasteiger charge is -2.21. The maximum Gasteiger partial charge on any atom is 0.195 e. The summed E-state index contributed by atoms with van der Waals surface area (Å²) in [7, 11) is 0. The Kier molecular flexibility index (Phi) is 4.58. The van der Waals surface area contributed by atoms with Gasteiger partial charge in [-0.2, -0.15) is 5.26 Å². The van der Waals surface area contributed by atoms with Crippen LogP contribution in [0.15, 0.2) is 66.9 Å². The molecular weight excluding hydrogens is 346 g/mol. The fourth-order valence-corrected chi connectivity index (χ4v) is 3.77. The Bertz CT molecular complexity index is 1210. The maximum absolute atomic E-state index is 13.4. The number of aromatic nitrogens is 1. The summed E-state index contributed by atoms with van der Waals surface area (Å²) in [6, 6.07) is 21.3. The van der Waals surface area contributed by atoms with E-state index in [1.165, 1.54) is 0 Å². The van der Waals surface area contributed by atoms with Crippen LogP contribution in [0.1, 0.15) is 35.3 Å². The molecule has 138 valence electrons. The summed E-state index contributed by atoms with van der Waals surface area (Å²) in [5.74, 6) is -0.0746. The van der Waals surface area contributed by atoms with Crippen LogP contribution in [0.5, 0.6) is 0 Å². The van der Waals surface area contributed by atoms with E-state index in [2.05, 4.69) is 24.8 Å². The molecule has 0 unspecified atom stereocenters. The first-order valence-corrected chi connectivity index (χ1v) is 9.50. The Balaban J connectivity index is 1.87. The van der Waals surface area contributed by atoms with Gasteiger partial charge in [-0.1, -0.05) is 6.07 Å². The number of nitrogens with zero attached hydrogens (tertiary/aromatic N) is 3. The van der Waals surface area contributed by atoms with Gasteiger partial charge in [0, 0.05) is 47.0 Å². The molecule has 0 bridgehead atoms. The molecule has 0 radical (unpaired) electrons. The Hall–Kier alpha value is -3.58. The first kappa shape index (κ1) is 17.8. The summed E-state index contributed by atoms with van der Waals surface area (Å²) in [5.41, 5.74) is 4.61. The molecule has 4 rings (SSSR count). The lowest BCUT2D eigenvalue weighted by molar-refractivity contribution is 0.104. The molecular formula is C24H21N3O. The quantitative estimate of drug-likeness (QED) is 0.464. The summed E-state index contributed by atoms with van der Waals surface area (Å²) in [5, 5.41) is 10.3. The van der Waals surface area contributed by atoms with E-state index in [0.29, 0.717) is 16.7 Å². The predicted molar refractivity (Wildman–Crippen MR) is 113 cm³/mol. The van der Waals surface area contributed by atoms with Gasteiger partial charge in [0.15, 0.2) is 5.78 Å². The van der Waals surface area contributed by atoms with Crippen LogP contribution in [0, 0.1) is 11.3 Å². The van der Waals surface area contributed by atoms with Gasteiger partial charge in [0.25, 0.3) is 0 Å². The van der Waals surface area contributed by atoms with Crippen LogP contribution < -0.4 is 4.90 Å². The molecule has 2 aromatic heterocycles. The van der Waals surface area contributed by atoms with E-state index in [9.17, 15) is 10.1 Å². The number of benzene rings is 2. The zero-order chi connectivity index (χ0) is 19.7. The highest BCUT2D eigenvalue weighted by molar-refractivity contribution is 6.16. The second kappa shape index (κ2) is 7.21. The van der Waals surface area contributed by atoms with Crippen LogP contribution in [0.3, 0.4) is 0 Å². The van der Waals surface area contributed by atoms with Gasteiger partial charge in [-0.3, -0.25) is 4.79 Å². The van der Waals surface area contributed by atoms with Gasteiger partial charge in [-0.15, -0.1) is 0 Å². The first-order valence-electron chi connectivity index (χ1n) is 9.50. The number of pyridine rings is 1. The van der Waals surface area contributed by atoms with Crippen molar-refractivity contribution in [2.24, 2.45) is 0 Å². The monoisotopic (exact) mass is 367 g/mol. The highest BCUT2D eigenvalue weighted by atomic mass is 16.1. The molecule has 0 aliphatic rings. The summed E-state index contributed by atoms with van der Waals surface area (Å²) in [4.78, 5) is 15.6. The molecule has 0 amide bonds. The molecule has 2 aromatic carbocycles. The molecule has 0 atom stereocenters. The second-order valence-corrected chi connectivity index (χ2v) is 6.76. The fourth-order valence-electron chi connectivity index (χ4n) is 3.77. The number of hydrogen-bond acceptors (Lipinski definition) is 3. The maximum atomic E-state index is 13.4. The van der Waals surface area contributed by atoms with Gasteiger partial charge in [0.2, 0.25) is 0 Å². The van der Waals surface area contributed by atoms with Crippen LogP contribution in [0.2, 0.25) is 0 Å². The van der Waals surface area contributed by atoms with Gasteiger partial charge < -0.3 is 9.30 Å². The highest BCUT2D eigenvalue weighted by Gasteiger charge is 2.17. The van der Waals surface area contributed by atoms with Crippen molar-refractivity contribution in [1.29, 1.82) is 5.26 Å². The molecule has 0 N–H and O–H groups in total. The van der Waals surface area contributed by atoms with Gasteiger partial charge in [0.1, 0.15) is 0 Å². The van der Waals surface area contributed by atoms with Crippen LogP contribution in [-0.2, 0) is 0 Å². The number of rotatable bonds is 5. The predicted octanol–water partition coefficient (Wildman–Crippen LogP) is 5.04. The smallest absolute Gasteiger partial charge is 0.195 e. The van der Waals surface area contributed by atoms with Gasteiger partial charge in [-0.05, 0) is 68.4 Å².